The highest BCUT2D eigenvalue weighted by molar-refractivity contribution is 6.40. The van der Waals surface area contributed by atoms with Gasteiger partial charge in [-0.1, -0.05) is 115 Å². The lowest BCUT2D eigenvalue weighted by molar-refractivity contribution is -0.114. The zero-order valence-electron chi connectivity index (χ0n) is 26.3. The van der Waals surface area contributed by atoms with Crippen molar-refractivity contribution in [1.82, 2.24) is 0 Å². The van der Waals surface area contributed by atoms with E-state index in [2.05, 4.69) is 115 Å². The lowest BCUT2D eigenvalue weighted by Gasteiger charge is -2.30. The monoisotopic (exact) mass is 664 g/mol. The Morgan fingerprint density at radius 3 is 1.76 bits per heavy atom. The first-order chi connectivity index (χ1) is 24.0. The van der Waals surface area contributed by atoms with Gasteiger partial charge in [-0.3, -0.25) is 4.79 Å². The molecule has 0 saturated carbocycles. The first-order valence-electron chi connectivity index (χ1n) is 16.8. The normalized spacial score (nSPS) is 16.3. The summed E-state index contributed by atoms with van der Waals surface area (Å²) < 4.78 is 0. The van der Waals surface area contributed by atoms with Crippen LogP contribution in [0.5, 0.6) is 0 Å². The number of halogens is 2. The van der Waals surface area contributed by atoms with Crippen molar-refractivity contribution in [3.63, 3.8) is 0 Å². The molecule has 1 atom stereocenters. The summed E-state index contributed by atoms with van der Waals surface area (Å²) in [5.74, 6) is 0.0101. The SMILES string of the molecule is O=C1C2=C(C=CC1Cl)c1ccc3c4cc(-c5ccccc5)c5c6c(ccc(c7cc(-c8ccccc8)c(c1c73)C2)c64)-c1ccc(Cl)cc1C5. The minimum atomic E-state index is -0.627. The molecule has 0 bridgehead atoms. The van der Waals surface area contributed by atoms with Crippen molar-refractivity contribution in [3.8, 4) is 33.4 Å². The quantitative estimate of drug-likeness (QED) is 0.102. The topological polar surface area (TPSA) is 17.1 Å². The number of Topliss-reactive ketones (excluding diaryl/α,β-unsaturated/α-hetero) is 1. The van der Waals surface area contributed by atoms with Crippen LogP contribution in [0.4, 0.5) is 0 Å². The van der Waals surface area contributed by atoms with Crippen molar-refractivity contribution < 1.29 is 4.79 Å². The molecule has 3 aliphatic carbocycles. The summed E-state index contributed by atoms with van der Waals surface area (Å²) in [5, 5.41) is 10.3. The van der Waals surface area contributed by atoms with Crippen molar-refractivity contribution in [2.75, 3.05) is 0 Å². The molecule has 0 amide bonds. The number of alkyl halides is 1. The molecule has 0 fully saturated rings. The second-order valence-electron chi connectivity index (χ2n) is 13.6. The second-order valence-corrected chi connectivity index (χ2v) is 14.5. The third-order valence-corrected chi connectivity index (χ3v) is 11.8. The molecule has 8 aromatic rings. The standard InChI is InChI=1S/C46H26Cl2O/c47-27-11-12-28-26(19-27)20-36-34(24-7-3-1-4-8-24)21-37-33-16-14-31-29-17-18-41(48)46(49)40(29)23-39-35(25-9-5-2-6-10-25)22-38(45(33)43(31)39)32-15-13-30(28)42(36)44(32)37/h1-19,21-22,41H,20,23H2. The van der Waals surface area contributed by atoms with Crippen LogP contribution in [0, 0.1) is 0 Å². The predicted octanol–water partition coefficient (Wildman–Crippen LogP) is 12.4. The molecule has 0 N–H and O–H groups in total. The average Bonchev–Trinajstić information content (AvgIpc) is 3.14. The van der Waals surface area contributed by atoms with Gasteiger partial charge in [0.15, 0.2) is 5.78 Å². The van der Waals surface area contributed by atoms with E-state index >= 15 is 0 Å². The maximum atomic E-state index is 13.6. The van der Waals surface area contributed by atoms with Crippen LogP contribution in [-0.2, 0) is 17.6 Å². The molecule has 8 aromatic carbocycles. The van der Waals surface area contributed by atoms with Gasteiger partial charge in [0.25, 0.3) is 0 Å². The zero-order valence-corrected chi connectivity index (χ0v) is 27.8. The molecule has 0 saturated heterocycles. The minimum absolute atomic E-state index is 0.0101. The van der Waals surface area contributed by atoms with Crippen molar-refractivity contribution in [2.45, 2.75) is 18.2 Å². The van der Waals surface area contributed by atoms with Crippen LogP contribution in [0.25, 0.3) is 82.0 Å². The van der Waals surface area contributed by atoms with Crippen LogP contribution < -0.4 is 0 Å². The smallest absolute Gasteiger partial charge is 0.181 e. The van der Waals surface area contributed by atoms with Gasteiger partial charge < -0.3 is 0 Å². The maximum absolute atomic E-state index is 13.6. The molecule has 3 heteroatoms. The Balaban J connectivity index is 1.36. The van der Waals surface area contributed by atoms with Gasteiger partial charge in [-0.05, 0) is 135 Å². The summed E-state index contributed by atoms with van der Waals surface area (Å²) in [5.41, 5.74) is 14.1. The first kappa shape index (κ1) is 27.7. The molecule has 230 valence electrons. The van der Waals surface area contributed by atoms with E-state index in [9.17, 15) is 4.79 Å². The van der Waals surface area contributed by atoms with Crippen molar-refractivity contribution >= 4 is 77.6 Å². The molecular weight excluding hydrogens is 639 g/mol. The van der Waals surface area contributed by atoms with Gasteiger partial charge in [-0.2, -0.15) is 0 Å². The van der Waals surface area contributed by atoms with Gasteiger partial charge in [0.05, 0.1) is 0 Å². The fourth-order valence-corrected chi connectivity index (χ4v) is 9.55. The van der Waals surface area contributed by atoms with E-state index in [1.165, 1.54) is 87.6 Å². The number of carbonyl (C=O) groups is 1. The third kappa shape index (κ3) is 3.70. The number of fused-ring (bicyclic) bond motifs is 5. The van der Waals surface area contributed by atoms with E-state index in [1.807, 2.05) is 12.1 Å². The van der Waals surface area contributed by atoms with Gasteiger partial charge in [-0.15, -0.1) is 11.6 Å². The molecule has 0 spiro atoms. The molecule has 1 unspecified atom stereocenters. The van der Waals surface area contributed by atoms with E-state index in [4.69, 9.17) is 23.2 Å². The summed E-state index contributed by atoms with van der Waals surface area (Å²) in [6, 6.07) is 41.8. The molecule has 0 heterocycles. The summed E-state index contributed by atoms with van der Waals surface area (Å²) in [4.78, 5) is 13.6. The maximum Gasteiger partial charge on any atom is 0.181 e. The Kier molecular flexibility index (Phi) is 5.61. The van der Waals surface area contributed by atoms with Crippen LogP contribution in [0.3, 0.4) is 0 Å². The van der Waals surface area contributed by atoms with Crippen molar-refractivity contribution in [2.24, 2.45) is 0 Å². The highest BCUT2D eigenvalue weighted by atomic mass is 35.5. The minimum Gasteiger partial charge on any atom is -0.292 e. The van der Waals surface area contributed by atoms with E-state index < -0.39 is 5.38 Å². The summed E-state index contributed by atoms with van der Waals surface area (Å²) in [7, 11) is 0. The molecule has 3 aliphatic rings. The van der Waals surface area contributed by atoms with Gasteiger partial charge in [0, 0.05) is 17.0 Å². The van der Waals surface area contributed by atoms with Crippen molar-refractivity contribution in [1.29, 1.82) is 0 Å². The first-order valence-corrected chi connectivity index (χ1v) is 17.6. The summed E-state index contributed by atoms with van der Waals surface area (Å²) >= 11 is 13.1. The lowest BCUT2D eigenvalue weighted by Crippen LogP contribution is -2.23. The Hall–Kier alpha value is -5.21. The fraction of sp³-hybridized carbons (Fsp3) is 0.0652. The second kappa shape index (κ2) is 9.92. The van der Waals surface area contributed by atoms with E-state index in [-0.39, 0.29) is 5.78 Å². The number of rotatable bonds is 2. The molecule has 0 aromatic heterocycles. The Bertz CT molecular complexity index is 2840. The molecule has 49 heavy (non-hydrogen) atoms. The molecule has 0 aliphatic heterocycles. The van der Waals surface area contributed by atoms with Crippen LogP contribution in [-0.4, -0.2) is 11.2 Å². The Morgan fingerprint density at radius 1 is 0.531 bits per heavy atom. The highest BCUT2D eigenvalue weighted by Gasteiger charge is 2.33. The Morgan fingerprint density at radius 2 is 1.10 bits per heavy atom. The number of hydrogen-bond donors (Lipinski definition) is 0. The summed E-state index contributed by atoms with van der Waals surface area (Å²) in [6.45, 7) is 0. The van der Waals surface area contributed by atoms with E-state index in [0.29, 0.717) is 6.42 Å². The number of ketones is 1. The van der Waals surface area contributed by atoms with Gasteiger partial charge in [0.1, 0.15) is 5.38 Å². The van der Waals surface area contributed by atoms with Gasteiger partial charge in [0.2, 0.25) is 0 Å². The molecule has 1 nitrogen and oxygen atoms in total. The summed E-state index contributed by atoms with van der Waals surface area (Å²) in [6.07, 6.45) is 5.30. The number of carbonyl (C=O) groups excluding carboxylic acids is 1. The lowest BCUT2D eigenvalue weighted by atomic mass is 9.73. The van der Waals surface area contributed by atoms with E-state index in [0.717, 1.165) is 33.7 Å². The van der Waals surface area contributed by atoms with Crippen LogP contribution in [0.2, 0.25) is 5.02 Å². The Labute approximate surface area is 293 Å². The zero-order chi connectivity index (χ0) is 32.5. The van der Waals surface area contributed by atoms with Crippen LogP contribution >= 0.6 is 23.2 Å². The van der Waals surface area contributed by atoms with Gasteiger partial charge >= 0.3 is 0 Å². The third-order valence-electron chi connectivity index (χ3n) is 11.2. The molecule has 11 rings (SSSR count). The number of allylic oxidation sites excluding steroid dienone is 4. The number of hydrogen-bond acceptors (Lipinski definition) is 1. The van der Waals surface area contributed by atoms with Crippen molar-refractivity contribution in [3.05, 3.63) is 160 Å². The predicted molar refractivity (Wildman–Crippen MR) is 206 cm³/mol. The highest BCUT2D eigenvalue weighted by Crippen LogP contribution is 2.54. The number of benzene rings is 8. The molecular formula is C46H26Cl2O. The molecule has 0 radical (unpaired) electrons. The van der Waals surface area contributed by atoms with Crippen LogP contribution in [0.15, 0.2) is 133 Å². The fourth-order valence-electron chi connectivity index (χ4n) is 9.15. The van der Waals surface area contributed by atoms with Crippen LogP contribution in [0.1, 0.15) is 22.3 Å². The average molecular weight is 666 g/mol. The van der Waals surface area contributed by atoms with E-state index in [1.54, 1.807) is 0 Å². The largest absolute Gasteiger partial charge is 0.292 e. The van der Waals surface area contributed by atoms with Gasteiger partial charge in [-0.25, -0.2) is 0 Å².